The van der Waals surface area contributed by atoms with E-state index in [2.05, 4.69) is 20.8 Å². The lowest BCUT2D eigenvalue weighted by Crippen LogP contribution is -2.27. The standard InChI is InChI=1S/C8H16BrNO2/c1-11-7-5-10(4-3-9)6-8(7)12-2/h7-8H,3-6H2,1-2H3/t7-,8-/m0/s1. The number of halogens is 1. The summed E-state index contributed by atoms with van der Waals surface area (Å²) in [7, 11) is 3.49. The van der Waals surface area contributed by atoms with Crippen LogP contribution in [0.3, 0.4) is 0 Å². The lowest BCUT2D eigenvalue weighted by molar-refractivity contribution is -0.00461. The van der Waals surface area contributed by atoms with E-state index in [1.807, 2.05) is 0 Å². The SMILES string of the molecule is CO[C@H]1CN(CCBr)C[C@@H]1OC. The summed E-state index contributed by atoms with van der Waals surface area (Å²) >= 11 is 3.42. The van der Waals surface area contributed by atoms with E-state index in [4.69, 9.17) is 9.47 Å². The highest BCUT2D eigenvalue weighted by Gasteiger charge is 2.32. The van der Waals surface area contributed by atoms with Crippen LogP contribution in [-0.4, -0.2) is 56.3 Å². The summed E-state index contributed by atoms with van der Waals surface area (Å²) in [6.07, 6.45) is 0.489. The molecular weight excluding hydrogens is 222 g/mol. The number of ether oxygens (including phenoxy) is 2. The molecule has 1 heterocycles. The van der Waals surface area contributed by atoms with Gasteiger partial charge in [0.1, 0.15) is 0 Å². The minimum Gasteiger partial charge on any atom is -0.377 e. The van der Waals surface area contributed by atoms with Gasteiger partial charge in [-0.05, 0) is 0 Å². The molecule has 0 saturated carbocycles. The number of methoxy groups -OCH3 is 2. The maximum Gasteiger partial charge on any atom is 0.0971 e. The molecule has 4 heteroatoms. The Kier molecular flexibility index (Phi) is 4.50. The highest BCUT2D eigenvalue weighted by atomic mass is 79.9. The van der Waals surface area contributed by atoms with Crippen LogP contribution in [0.15, 0.2) is 0 Å². The maximum absolute atomic E-state index is 5.31. The van der Waals surface area contributed by atoms with Gasteiger partial charge in [0.05, 0.1) is 12.2 Å². The van der Waals surface area contributed by atoms with Gasteiger partial charge in [-0.3, -0.25) is 4.90 Å². The van der Waals surface area contributed by atoms with Gasteiger partial charge in [0.15, 0.2) is 0 Å². The summed E-state index contributed by atoms with van der Waals surface area (Å²) in [4.78, 5) is 2.34. The Morgan fingerprint density at radius 2 is 1.75 bits per heavy atom. The summed E-state index contributed by atoms with van der Waals surface area (Å²) in [5.74, 6) is 0. The second kappa shape index (κ2) is 5.17. The topological polar surface area (TPSA) is 21.7 Å². The molecule has 0 unspecified atom stereocenters. The van der Waals surface area contributed by atoms with Crippen LogP contribution in [0.5, 0.6) is 0 Å². The smallest absolute Gasteiger partial charge is 0.0971 e. The zero-order valence-electron chi connectivity index (χ0n) is 7.62. The quantitative estimate of drug-likeness (QED) is 0.674. The fraction of sp³-hybridized carbons (Fsp3) is 1.00. The number of rotatable bonds is 4. The molecule has 0 aliphatic carbocycles. The molecule has 1 fully saturated rings. The average Bonchev–Trinajstić information content (AvgIpc) is 2.48. The van der Waals surface area contributed by atoms with Crippen LogP contribution in [0.2, 0.25) is 0 Å². The predicted molar refractivity (Wildman–Crippen MR) is 51.8 cm³/mol. The van der Waals surface area contributed by atoms with Gasteiger partial charge in [-0.2, -0.15) is 0 Å². The summed E-state index contributed by atoms with van der Waals surface area (Å²) in [5.41, 5.74) is 0. The van der Waals surface area contributed by atoms with Crippen molar-refractivity contribution in [3.05, 3.63) is 0 Å². The van der Waals surface area contributed by atoms with Crippen molar-refractivity contribution in [2.24, 2.45) is 0 Å². The molecule has 1 aliphatic heterocycles. The number of hydrogen-bond donors (Lipinski definition) is 0. The molecule has 12 heavy (non-hydrogen) atoms. The Labute approximate surface area is 82.1 Å². The summed E-state index contributed by atoms with van der Waals surface area (Å²) in [5, 5.41) is 1.01. The zero-order chi connectivity index (χ0) is 8.97. The summed E-state index contributed by atoms with van der Waals surface area (Å²) < 4.78 is 10.6. The minimum atomic E-state index is 0.244. The van der Waals surface area contributed by atoms with Crippen molar-refractivity contribution in [2.75, 3.05) is 39.2 Å². The van der Waals surface area contributed by atoms with E-state index in [0.29, 0.717) is 0 Å². The molecule has 1 saturated heterocycles. The van der Waals surface area contributed by atoms with Crippen LogP contribution in [0.25, 0.3) is 0 Å². The number of nitrogens with zero attached hydrogens (tertiary/aromatic N) is 1. The third kappa shape index (κ3) is 2.42. The van der Waals surface area contributed by atoms with Crippen LogP contribution in [0.4, 0.5) is 0 Å². The Balaban J connectivity index is 2.36. The largest absolute Gasteiger partial charge is 0.377 e. The molecule has 0 aromatic carbocycles. The Morgan fingerprint density at radius 3 is 2.08 bits per heavy atom. The highest BCUT2D eigenvalue weighted by molar-refractivity contribution is 9.09. The van der Waals surface area contributed by atoms with E-state index in [-0.39, 0.29) is 12.2 Å². The van der Waals surface area contributed by atoms with Crippen molar-refractivity contribution in [2.45, 2.75) is 12.2 Å². The Hall–Kier alpha value is 0.360. The van der Waals surface area contributed by atoms with E-state index in [0.717, 1.165) is 25.0 Å². The Bertz CT molecular complexity index is 122. The monoisotopic (exact) mass is 237 g/mol. The van der Waals surface area contributed by atoms with Crippen LogP contribution >= 0.6 is 15.9 Å². The van der Waals surface area contributed by atoms with Gasteiger partial charge in [0.2, 0.25) is 0 Å². The molecule has 1 aliphatic rings. The van der Waals surface area contributed by atoms with Crippen LogP contribution in [0.1, 0.15) is 0 Å². The van der Waals surface area contributed by atoms with E-state index < -0.39 is 0 Å². The third-order valence-corrected chi connectivity index (χ3v) is 2.65. The molecule has 0 aromatic heterocycles. The second-order valence-electron chi connectivity index (χ2n) is 3.00. The van der Waals surface area contributed by atoms with E-state index in [1.54, 1.807) is 14.2 Å². The van der Waals surface area contributed by atoms with Gasteiger partial charge >= 0.3 is 0 Å². The average molecular weight is 238 g/mol. The second-order valence-corrected chi connectivity index (χ2v) is 3.79. The number of hydrogen-bond acceptors (Lipinski definition) is 3. The first-order valence-corrected chi connectivity index (χ1v) is 5.28. The highest BCUT2D eigenvalue weighted by Crippen LogP contribution is 2.15. The fourth-order valence-corrected chi connectivity index (χ4v) is 2.07. The lowest BCUT2D eigenvalue weighted by atomic mass is 10.3. The first-order chi connectivity index (χ1) is 5.81. The molecular formula is C8H16BrNO2. The zero-order valence-corrected chi connectivity index (χ0v) is 9.21. The normalized spacial score (nSPS) is 31.2. The molecule has 0 radical (unpaired) electrons. The van der Waals surface area contributed by atoms with Crippen molar-refractivity contribution >= 4 is 15.9 Å². The third-order valence-electron chi connectivity index (χ3n) is 2.30. The molecule has 0 aromatic rings. The van der Waals surface area contributed by atoms with E-state index >= 15 is 0 Å². The molecule has 72 valence electrons. The molecule has 0 spiro atoms. The Morgan fingerprint density at radius 1 is 1.25 bits per heavy atom. The van der Waals surface area contributed by atoms with Gasteiger partial charge in [-0.1, -0.05) is 15.9 Å². The van der Waals surface area contributed by atoms with Crippen LogP contribution < -0.4 is 0 Å². The van der Waals surface area contributed by atoms with E-state index in [9.17, 15) is 0 Å². The minimum absolute atomic E-state index is 0.244. The van der Waals surface area contributed by atoms with Crippen LogP contribution in [-0.2, 0) is 9.47 Å². The fourth-order valence-electron chi connectivity index (χ4n) is 1.57. The van der Waals surface area contributed by atoms with Gasteiger partial charge in [0, 0.05) is 39.2 Å². The van der Waals surface area contributed by atoms with Crippen molar-refractivity contribution in [3.63, 3.8) is 0 Å². The molecule has 0 N–H and O–H groups in total. The molecule has 2 atom stereocenters. The number of alkyl halides is 1. The van der Waals surface area contributed by atoms with Crippen molar-refractivity contribution in [1.82, 2.24) is 4.90 Å². The van der Waals surface area contributed by atoms with Gasteiger partial charge < -0.3 is 9.47 Å². The summed E-state index contributed by atoms with van der Waals surface area (Å²) in [6.45, 7) is 3.04. The van der Waals surface area contributed by atoms with Crippen molar-refractivity contribution in [3.8, 4) is 0 Å². The van der Waals surface area contributed by atoms with Gasteiger partial charge in [0.25, 0.3) is 0 Å². The van der Waals surface area contributed by atoms with Crippen molar-refractivity contribution < 1.29 is 9.47 Å². The summed E-state index contributed by atoms with van der Waals surface area (Å²) in [6, 6.07) is 0. The molecule has 0 amide bonds. The lowest BCUT2D eigenvalue weighted by Gasteiger charge is -2.13. The molecule has 1 rings (SSSR count). The molecule has 3 nitrogen and oxygen atoms in total. The van der Waals surface area contributed by atoms with Crippen molar-refractivity contribution in [1.29, 1.82) is 0 Å². The first kappa shape index (κ1) is 10.4. The van der Waals surface area contributed by atoms with Gasteiger partial charge in [-0.15, -0.1) is 0 Å². The molecule has 0 bridgehead atoms. The van der Waals surface area contributed by atoms with Crippen LogP contribution in [0, 0.1) is 0 Å². The van der Waals surface area contributed by atoms with E-state index in [1.165, 1.54) is 0 Å². The van der Waals surface area contributed by atoms with Gasteiger partial charge in [-0.25, -0.2) is 0 Å². The first-order valence-electron chi connectivity index (χ1n) is 4.15. The predicted octanol–water partition coefficient (Wildman–Crippen LogP) is 0.727. The maximum atomic E-state index is 5.31. The number of likely N-dealkylation sites (tertiary alicyclic amines) is 1.